The van der Waals surface area contributed by atoms with Gasteiger partial charge in [-0.3, -0.25) is 9.79 Å². The Hall–Kier alpha value is -0.900. The fourth-order valence-electron chi connectivity index (χ4n) is 2.84. The van der Waals surface area contributed by atoms with Gasteiger partial charge in [0.15, 0.2) is 5.96 Å². The molecule has 1 fully saturated rings. The molecule has 1 aromatic rings. The maximum Gasteiger partial charge on any atom is 0.308 e. The summed E-state index contributed by atoms with van der Waals surface area (Å²) in [6, 6.07) is 5.04. The maximum absolute atomic E-state index is 13.2. The molecule has 0 atom stereocenters. The number of hydrogen-bond acceptors (Lipinski definition) is 3. The fraction of sp³-hybridized carbons (Fsp3) is 0.529. The number of rotatable bonds is 4. The number of likely N-dealkylation sites (tertiary alicyclic amines) is 1. The van der Waals surface area contributed by atoms with E-state index in [1.807, 2.05) is 0 Å². The Kier molecular flexibility index (Phi) is 9.70. The van der Waals surface area contributed by atoms with Crippen molar-refractivity contribution in [1.82, 2.24) is 10.2 Å². The average molecular weight is 528 g/mol. The summed E-state index contributed by atoms with van der Waals surface area (Å²) in [6.45, 7) is 2.27. The first-order chi connectivity index (χ1) is 11.5. The number of aliphatic imine (C=N–C) groups is 1. The number of carbonyl (C=O) groups is 1. The second-order valence-electron chi connectivity index (χ2n) is 5.76. The maximum atomic E-state index is 13.2. The highest BCUT2D eigenvalue weighted by molar-refractivity contribution is 14.0. The highest BCUT2D eigenvalue weighted by Gasteiger charge is 2.26. The molecular weight excluding hydrogens is 504 g/mol. The summed E-state index contributed by atoms with van der Waals surface area (Å²) in [6.07, 6.45) is 2.33. The first-order valence-electron chi connectivity index (χ1n) is 8.02. The normalized spacial score (nSPS) is 15.5. The number of piperidine rings is 1. The molecule has 140 valence electrons. The Morgan fingerprint density at radius 3 is 2.68 bits per heavy atom. The van der Waals surface area contributed by atoms with Crippen molar-refractivity contribution in [1.29, 1.82) is 0 Å². The van der Waals surface area contributed by atoms with Crippen LogP contribution in [-0.2, 0) is 16.0 Å². The van der Waals surface area contributed by atoms with Crippen LogP contribution in [0.15, 0.2) is 27.7 Å². The molecular formula is C17H24BrFIN3O2. The second kappa shape index (κ2) is 10.9. The van der Waals surface area contributed by atoms with Crippen molar-refractivity contribution in [3.8, 4) is 0 Å². The zero-order valence-electron chi connectivity index (χ0n) is 14.4. The molecule has 1 aliphatic rings. The molecule has 1 saturated heterocycles. The number of halogens is 3. The largest absolute Gasteiger partial charge is 0.469 e. The lowest BCUT2D eigenvalue weighted by Gasteiger charge is -2.33. The summed E-state index contributed by atoms with van der Waals surface area (Å²) in [4.78, 5) is 18.0. The van der Waals surface area contributed by atoms with Crippen LogP contribution in [0, 0.1) is 11.7 Å². The van der Waals surface area contributed by atoms with Gasteiger partial charge in [0.2, 0.25) is 0 Å². The van der Waals surface area contributed by atoms with Crippen LogP contribution in [0.2, 0.25) is 0 Å². The van der Waals surface area contributed by atoms with Gasteiger partial charge in [0, 0.05) is 26.7 Å². The molecule has 0 radical (unpaired) electrons. The third-order valence-corrected chi connectivity index (χ3v) is 4.83. The van der Waals surface area contributed by atoms with Gasteiger partial charge in [-0.2, -0.15) is 0 Å². The number of nitrogens with one attached hydrogen (secondary N) is 1. The Morgan fingerprint density at radius 2 is 2.12 bits per heavy atom. The van der Waals surface area contributed by atoms with E-state index in [9.17, 15) is 9.18 Å². The molecule has 8 heteroatoms. The molecule has 5 nitrogen and oxygen atoms in total. The minimum Gasteiger partial charge on any atom is -0.469 e. The number of nitrogens with zero attached hydrogens (tertiary/aromatic N) is 2. The summed E-state index contributed by atoms with van der Waals surface area (Å²) in [5.74, 6) is 0.441. The van der Waals surface area contributed by atoms with Crippen LogP contribution in [0.1, 0.15) is 18.4 Å². The van der Waals surface area contributed by atoms with Crippen molar-refractivity contribution < 1.29 is 13.9 Å². The molecule has 1 aromatic carbocycles. The van der Waals surface area contributed by atoms with Crippen molar-refractivity contribution in [2.75, 3.05) is 33.8 Å². The van der Waals surface area contributed by atoms with Crippen molar-refractivity contribution in [2.24, 2.45) is 10.9 Å². The Labute approximate surface area is 173 Å². The molecule has 1 N–H and O–H groups in total. The van der Waals surface area contributed by atoms with Gasteiger partial charge in [-0.05, 0) is 52.9 Å². The number of carbonyl (C=O) groups excluding carboxylic acids is 1. The summed E-state index contributed by atoms with van der Waals surface area (Å²) >= 11 is 3.20. The lowest BCUT2D eigenvalue weighted by atomic mass is 9.97. The Morgan fingerprint density at radius 1 is 1.44 bits per heavy atom. The molecule has 0 amide bonds. The zero-order chi connectivity index (χ0) is 17.5. The number of ether oxygens (including phenoxy) is 1. The number of esters is 1. The zero-order valence-corrected chi connectivity index (χ0v) is 18.3. The van der Waals surface area contributed by atoms with Gasteiger partial charge < -0.3 is 15.0 Å². The van der Waals surface area contributed by atoms with Crippen LogP contribution in [0.3, 0.4) is 0 Å². The fourth-order valence-corrected chi connectivity index (χ4v) is 3.27. The Balaban J connectivity index is 0.00000312. The van der Waals surface area contributed by atoms with E-state index in [2.05, 4.69) is 31.1 Å². The quantitative estimate of drug-likeness (QED) is 0.283. The predicted octanol–water partition coefficient (Wildman–Crippen LogP) is 3.21. The number of guanidine groups is 1. The van der Waals surface area contributed by atoms with Gasteiger partial charge in [0.05, 0.1) is 17.5 Å². The monoisotopic (exact) mass is 527 g/mol. The number of methoxy groups -OCH3 is 1. The first-order valence-corrected chi connectivity index (χ1v) is 8.81. The topological polar surface area (TPSA) is 53.9 Å². The van der Waals surface area contributed by atoms with Crippen LogP contribution >= 0.6 is 39.9 Å². The Bertz CT molecular complexity index is 608. The van der Waals surface area contributed by atoms with Crippen molar-refractivity contribution in [3.63, 3.8) is 0 Å². The third-order valence-electron chi connectivity index (χ3n) is 4.22. The molecule has 0 saturated carbocycles. The van der Waals surface area contributed by atoms with Gasteiger partial charge in [0.1, 0.15) is 5.82 Å². The minimum absolute atomic E-state index is 0. The molecule has 0 unspecified atom stereocenters. The summed E-state index contributed by atoms with van der Waals surface area (Å²) in [5, 5.41) is 3.33. The molecule has 2 rings (SSSR count). The van der Waals surface area contributed by atoms with E-state index in [1.165, 1.54) is 13.2 Å². The van der Waals surface area contributed by atoms with Gasteiger partial charge in [-0.15, -0.1) is 24.0 Å². The van der Waals surface area contributed by atoms with E-state index >= 15 is 0 Å². The van der Waals surface area contributed by atoms with Crippen LogP contribution in [0.25, 0.3) is 0 Å². The average Bonchev–Trinajstić information content (AvgIpc) is 2.61. The molecule has 0 bridgehead atoms. The smallest absolute Gasteiger partial charge is 0.308 e. The lowest BCUT2D eigenvalue weighted by molar-refractivity contribution is -0.146. The predicted molar refractivity (Wildman–Crippen MR) is 111 cm³/mol. The van der Waals surface area contributed by atoms with E-state index in [1.54, 1.807) is 19.2 Å². The molecule has 1 aliphatic heterocycles. The molecule has 0 spiro atoms. The van der Waals surface area contributed by atoms with E-state index in [-0.39, 0.29) is 41.7 Å². The summed E-state index contributed by atoms with van der Waals surface area (Å²) in [7, 11) is 3.19. The lowest BCUT2D eigenvalue weighted by Crippen LogP contribution is -2.47. The number of benzene rings is 1. The molecule has 0 aromatic heterocycles. The standard InChI is InChI=1S/C17H23BrFN3O2.HI/c1-20-17(22-9-6-13(7-10-22)16(23)24-2)21-8-5-12-3-4-15(19)14(18)11-12;/h3-4,11,13H,5-10H2,1-2H3,(H,20,21);1H. The van der Waals surface area contributed by atoms with E-state index in [0.29, 0.717) is 11.0 Å². The van der Waals surface area contributed by atoms with Crippen molar-refractivity contribution in [3.05, 3.63) is 34.1 Å². The van der Waals surface area contributed by atoms with Crippen LogP contribution in [0.5, 0.6) is 0 Å². The van der Waals surface area contributed by atoms with E-state index < -0.39 is 0 Å². The molecule has 25 heavy (non-hydrogen) atoms. The van der Waals surface area contributed by atoms with Crippen LogP contribution in [0.4, 0.5) is 4.39 Å². The summed E-state index contributed by atoms with van der Waals surface area (Å²) in [5.41, 5.74) is 1.05. The first kappa shape index (κ1) is 22.1. The summed E-state index contributed by atoms with van der Waals surface area (Å²) < 4.78 is 18.5. The molecule has 1 heterocycles. The van der Waals surface area contributed by atoms with Crippen LogP contribution in [-0.4, -0.2) is 50.6 Å². The van der Waals surface area contributed by atoms with Crippen LogP contribution < -0.4 is 5.32 Å². The SMILES string of the molecule is CN=C(NCCc1ccc(F)c(Br)c1)N1CCC(C(=O)OC)CC1.I. The van der Waals surface area contributed by atoms with Gasteiger partial charge >= 0.3 is 5.97 Å². The van der Waals surface area contributed by atoms with Crippen molar-refractivity contribution >= 4 is 51.8 Å². The van der Waals surface area contributed by atoms with Crippen molar-refractivity contribution in [2.45, 2.75) is 19.3 Å². The van der Waals surface area contributed by atoms with Gasteiger partial charge in [-0.1, -0.05) is 6.07 Å². The highest BCUT2D eigenvalue weighted by atomic mass is 127. The van der Waals surface area contributed by atoms with E-state index in [0.717, 1.165) is 43.9 Å². The highest BCUT2D eigenvalue weighted by Crippen LogP contribution is 2.19. The number of hydrogen-bond donors (Lipinski definition) is 1. The minimum atomic E-state index is -0.254. The second-order valence-corrected chi connectivity index (χ2v) is 6.61. The van der Waals surface area contributed by atoms with Gasteiger partial charge in [0.25, 0.3) is 0 Å². The third kappa shape index (κ3) is 6.40. The van der Waals surface area contributed by atoms with E-state index in [4.69, 9.17) is 4.74 Å². The molecule has 0 aliphatic carbocycles. The van der Waals surface area contributed by atoms with Gasteiger partial charge in [-0.25, -0.2) is 4.39 Å².